The summed E-state index contributed by atoms with van der Waals surface area (Å²) in [5.41, 5.74) is 6.16. The molecule has 1 amide bonds. The quantitative estimate of drug-likeness (QED) is 0.893. The molecule has 0 bridgehead atoms. The van der Waals surface area contributed by atoms with Crippen LogP contribution in [-0.2, 0) is 4.74 Å². The number of benzene rings is 1. The van der Waals surface area contributed by atoms with E-state index in [2.05, 4.69) is 0 Å². The number of nitrogens with two attached hydrogens (primary N) is 1. The molecule has 2 unspecified atom stereocenters. The molecule has 0 aromatic heterocycles. The first kappa shape index (κ1) is 15.6. The summed E-state index contributed by atoms with van der Waals surface area (Å²) in [4.78, 5) is 14.5. The highest BCUT2D eigenvalue weighted by Crippen LogP contribution is 2.27. The van der Waals surface area contributed by atoms with Crippen molar-refractivity contribution in [3.63, 3.8) is 0 Å². The Morgan fingerprint density at radius 1 is 1.43 bits per heavy atom. The monoisotopic (exact) mass is 294 g/mol. The van der Waals surface area contributed by atoms with E-state index < -0.39 is 0 Å². The number of hydrogen-bond acceptors (Lipinski definition) is 5. The number of ether oxygens (including phenoxy) is 3. The predicted octanol–water partition coefficient (Wildman–Crippen LogP) is 0.892. The van der Waals surface area contributed by atoms with Crippen LogP contribution in [0.5, 0.6) is 11.5 Å². The molecule has 0 aliphatic carbocycles. The van der Waals surface area contributed by atoms with Crippen molar-refractivity contribution in [3.05, 3.63) is 23.8 Å². The van der Waals surface area contributed by atoms with Gasteiger partial charge >= 0.3 is 0 Å². The van der Waals surface area contributed by atoms with Gasteiger partial charge in [0.2, 0.25) is 0 Å². The summed E-state index contributed by atoms with van der Waals surface area (Å²) in [6.07, 6.45) is -0.116. The van der Waals surface area contributed by atoms with Crippen LogP contribution in [0.3, 0.4) is 0 Å². The van der Waals surface area contributed by atoms with Gasteiger partial charge in [0.05, 0.1) is 38.5 Å². The van der Waals surface area contributed by atoms with E-state index in [0.29, 0.717) is 36.8 Å². The van der Waals surface area contributed by atoms with Gasteiger partial charge in [-0.25, -0.2) is 0 Å². The van der Waals surface area contributed by atoms with Crippen LogP contribution in [0.4, 0.5) is 0 Å². The van der Waals surface area contributed by atoms with E-state index in [9.17, 15) is 4.79 Å². The Hall–Kier alpha value is -1.79. The van der Waals surface area contributed by atoms with Gasteiger partial charge in [0.15, 0.2) is 0 Å². The lowest BCUT2D eigenvalue weighted by atomic mass is 10.1. The van der Waals surface area contributed by atoms with Crippen molar-refractivity contribution in [2.45, 2.75) is 19.1 Å². The molecular formula is C15H22N2O4. The Labute approximate surface area is 124 Å². The van der Waals surface area contributed by atoms with E-state index in [1.807, 2.05) is 6.92 Å². The molecule has 1 aromatic rings. The van der Waals surface area contributed by atoms with Gasteiger partial charge in [0, 0.05) is 19.2 Å². The van der Waals surface area contributed by atoms with Crippen LogP contribution >= 0.6 is 0 Å². The Bertz CT molecular complexity index is 506. The SMILES string of the molecule is COc1ccc(C(=O)N2CC(CN)OCC2C)c(OC)c1. The number of hydrogen-bond donors (Lipinski definition) is 1. The summed E-state index contributed by atoms with van der Waals surface area (Å²) in [7, 11) is 3.11. The van der Waals surface area contributed by atoms with E-state index in [1.165, 1.54) is 7.11 Å². The number of amides is 1. The summed E-state index contributed by atoms with van der Waals surface area (Å²) in [5.74, 6) is 1.07. The minimum atomic E-state index is -0.116. The van der Waals surface area contributed by atoms with Crippen LogP contribution in [0.1, 0.15) is 17.3 Å². The van der Waals surface area contributed by atoms with Gasteiger partial charge in [-0.3, -0.25) is 4.79 Å². The smallest absolute Gasteiger partial charge is 0.258 e. The van der Waals surface area contributed by atoms with Crippen molar-refractivity contribution in [3.8, 4) is 11.5 Å². The zero-order valence-electron chi connectivity index (χ0n) is 12.7. The molecule has 6 nitrogen and oxygen atoms in total. The summed E-state index contributed by atoms with van der Waals surface area (Å²) in [6, 6.07) is 5.19. The second-order valence-electron chi connectivity index (χ2n) is 5.06. The van der Waals surface area contributed by atoms with Crippen LogP contribution in [0.15, 0.2) is 18.2 Å². The van der Waals surface area contributed by atoms with Crippen molar-refractivity contribution < 1.29 is 19.0 Å². The van der Waals surface area contributed by atoms with Crippen LogP contribution in [0, 0.1) is 0 Å². The topological polar surface area (TPSA) is 74.0 Å². The molecule has 0 spiro atoms. The molecular weight excluding hydrogens is 272 g/mol. The lowest BCUT2D eigenvalue weighted by Crippen LogP contribution is -2.52. The third kappa shape index (κ3) is 3.28. The fraction of sp³-hybridized carbons (Fsp3) is 0.533. The van der Waals surface area contributed by atoms with E-state index in [-0.39, 0.29) is 18.1 Å². The van der Waals surface area contributed by atoms with Crippen molar-refractivity contribution >= 4 is 5.91 Å². The fourth-order valence-electron chi connectivity index (χ4n) is 2.37. The molecule has 1 heterocycles. The molecule has 21 heavy (non-hydrogen) atoms. The molecule has 2 atom stereocenters. The van der Waals surface area contributed by atoms with Gasteiger partial charge in [0.25, 0.3) is 5.91 Å². The van der Waals surface area contributed by atoms with Crippen LogP contribution in [0.2, 0.25) is 0 Å². The van der Waals surface area contributed by atoms with E-state index >= 15 is 0 Å². The average molecular weight is 294 g/mol. The first-order valence-electron chi connectivity index (χ1n) is 6.95. The second-order valence-corrected chi connectivity index (χ2v) is 5.06. The number of methoxy groups -OCH3 is 2. The minimum absolute atomic E-state index is 0.00658. The maximum atomic E-state index is 12.8. The van der Waals surface area contributed by atoms with Crippen molar-refractivity contribution in [2.75, 3.05) is 33.9 Å². The van der Waals surface area contributed by atoms with Gasteiger partial charge < -0.3 is 24.8 Å². The second kappa shape index (κ2) is 6.78. The number of nitrogens with zero attached hydrogens (tertiary/aromatic N) is 1. The maximum Gasteiger partial charge on any atom is 0.258 e. The molecule has 2 rings (SSSR count). The van der Waals surface area contributed by atoms with Gasteiger partial charge in [-0.2, -0.15) is 0 Å². The van der Waals surface area contributed by atoms with Crippen LogP contribution in [0.25, 0.3) is 0 Å². The summed E-state index contributed by atoms with van der Waals surface area (Å²) < 4.78 is 16.0. The Kier molecular flexibility index (Phi) is 5.03. The lowest BCUT2D eigenvalue weighted by Gasteiger charge is -2.37. The van der Waals surface area contributed by atoms with Gasteiger partial charge in [-0.1, -0.05) is 0 Å². The molecule has 1 aliphatic rings. The normalized spacial score (nSPS) is 22.0. The summed E-state index contributed by atoms with van der Waals surface area (Å²) >= 11 is 0. The standard InChI is InChI=1S/C15H22N2O4/c1-10-9-21-12(7-16)8-17(10)15(18)13-5-4-11(19-2)6-14(13)20-3/h4-6,10,12H,7-9,16H2,1-3H3. The zero-order valence-corrected chi connectivity index (χ0v) is 12.7. The number of carbonyl (C=O) groups excluding carboxylic acids is 1. The minimum Gasteiger partial charge on any atom is -0.497 e. The summed E-state index contributed by atoms with van der Waals surface area (Å²) in [5, 5.41) is 0. The van der Waals surface area contributed by atoms with E-state index in [4.69, 9.17) is 19.9 Å². The molecule has 116 valence electrons. The highest BCUT2D eigenvalue weighted by atomic mass is 16.5. The first-order valence-corrected chi connectivity index (χ1v) is 6.95. The number of rotatable bonds is 4. The molecule has 0 radical (unpaired) electrons. The largest absolute Gasteiger partial charge is 0.497 e. The average Bonchev–Trinajstić information content (AvgIpc) is 2.54. The molecule has 1 saturated heterocycles. The van der Waals surface area contributed by atoms with E-state index in [0.717, 1.165) is 0 Å². The van der Waals surface area contributed by atoms with Gasteiger partial charge in [-0.15, -0.1) is 0 Å². The van der Waals surface area contributed by atoms with Crippen LogP contribution in [-0.4, -0.2) is 56.9 Å². The van der Waals surface area contributed by atoms with Gasteiger partial charge in [-0.05, 0) is 19.1 Å². The third-order valence-electron chi connectivity index (χ3n) is 3.67. The molecule has 6 heteroatoms. The Morgan fingerprint density at radius 2 is 2.19 bits per heavy atom. The summed E-state index contributed by atoms with van der Waals surface area (Å²) in [6.45, 7) is 3.34. The molecule has 2 N–H and O–H groups in total. The van der Waals surface area contributed by atoms with Crippen LogP contribution < -0.4 is 15.2 Å². The lowest BCUT2D eigenvalue weighted by molar-refractivity contribution is -0.0426. The number of carbonyl (C=O) groups is 1. The maximum absolute atomic E-state index is 12.8. The Balaban J connectivity index is 2.26. The van der Waals surface area contributed by atoms with Crippen molar-refractivity contribution in [1.29, 1.82) is 0 Å². The molecule has 1 fully saturated rings. The van der Waals surface area contributed by atoms with Crippen molar-refractivity contribution in [2.24, 2.45) is 5.73 Å². The van der Waals surface area contributed by atoms with Crippen molar-refractivity contribution in [1.82, 2.24) is 4.90 Å². The first-order chi connectivity index (χ1) is 10.1. The highest BCUT2D eigenvalue weighted by Gasteiger charge is 2.31. The zero-order chi connectivity index (χ0) is 15.4. The third-order valence-corrected chi connectivity index (χ3v) is 3.67. The molecule has 0 saturated carbocycles. The Morgan fingerprint density at radius 3 is 2.81 bits per heavy atom. The fourth-order valence-corrected chi connectivity index (χ4v) is 2.37. The number of morpholine rings is 1. The molecule has 1 aromatic carbocycles. The highest BCUT2D eigenvalue weighted by molar-refractivity contribution is 5.97. The van der Waals surface area contributed by atoms with E-state index in [1.54, 1.807) is 30.2 Å². The van der Waals surface area contributed by atoms with Gasteiger partial charge in [0.1, 0.15) is 11.5 Å². The predicted molar refractivity (Wildman–Crippen MR) is 78.8 cm³/mol. The molecule has 1 aliphatic heterocycles.